The minimum absolute atomic E-state index is 0.136. The van der Waals surface area contributed by atoms with Crippen molar-refractivity contribution in [3.05, 3.63) is 35.4 Å². The predicted molar refractivity (Wildman–Crippen MR) is 141 cm³/mol. The summed E-state index contributed by atoms with van der Waals surface area (Å²) in [6, 6.07) is 6.00. The maximum Gasteiger partial charge on any atom is 0.408 e. The molecule has 0 heterocycles. The lowest BCUT2D eigenvalue weighted by atomic mass is 9.93. The Bertz CT molecular complexity index is 852. The highest BCUT2D eigenvalue weighted by molar-refractivity contribution is 5.92. The molecule has 198 valence electrons. The molecule has 0 spiro atoms. The highest BCUT2D eigenvalue weighted by Gasteiger charge is 2.42. The molecule has 0 aromatic heterocycles. The van der Waals surface area contributed by atoms with Crippen molar-refractivity contribution in [3.8, 4) is 0 Å². The number of hydrogen-bond acceptors (Lipinski definition) is 4. The second-order valence-electron chi connectivity index (χ2n) is 11.7. The van der Waals surface area contributed by atoms with Crippen molar-refractivity contribution in [2.75, 3.05) is 6.54 Å². The van der Waals surface area contributed by atoms with E-state index in [1.165, 1.54) is 0 Å². The van der Waals surface area contributed by atoms with Gasteiger partial charge >= 0.3 is 6.09 Å². The zero-order valence-corrected chi connectivity index (χ0v) is 23.5. The van der Waals surface area contributed by atoms with Gasteiger partial charge in [0.1, 0.15) is 17.7 Å². The van der Waals surface area contributed by atoms with Gasteiger partial charge in [0.2, 0.25) is 11.8 Å². The van der Waals surface area contributed by atoms with Gasteiger partial charge in [-0.2, -0.15) is 0 Å². The van der Waals surface area contributed by atoms with Crippen LogP contribution in [0.4, 0.5) is 4.79 Å². The molecule has 0 aliphatic rings. The lowest BCUT2D eigenvalue weighted by Gasteiger charge is -2.43. The molecule has 7 nitrogen and oxygen atoms in total. The first-order valence-corrected chi connectivity index (χ1v) is 12.7. The first kappa shape index (κ1) is 30.5. The van der Waals surface area contributed by atoms with Crippen LogP contribution in [-0.4, -0.2) is 46.5 Å². The summed E-state index contributed by atoms with van der Waals surface area (Å²) in [4.78, 5) is 42.0. The van der Waals surface area contributed by atoms with Gasteiger partial charge in [-0.05, 0) is 72.8 Å². The molecule has 0 aliphatic heterocycles. The normalized spacial score (nSPS) is 13.7. The molecule has 1 aromatic carbocycles. The fourth-order valence-electron chi connectivity index (χ4n) is 3.90. The van der Waals surface area contributed by atoms with Crippen LogP contribution in [0, 0.1) is 12.8 Å². The number of ether oxygens (including phenoxy) is 1. The molecular weight excluding hydrogens is 442 g/mol. The number of nitrogens with one attached hydrogen (secondary N) is 2. The molecule has 0 saturated carbocycles. The predicted octanol–water partition coefficient (Wildman–Crippen LogP) is 5.52. The van der Waals surface area contributed by atoms with Crippen LogP contribution in [0.2, 0.25) is 0 Å². The maximum absolute atomic E-state index is 14.1. The van der Waals surface area contributed by atoms with Gasteiger partial charge in [-0.15, -0.1) is 0 Å². The standard InChI is InChI=1S/C28H47N3O4/c1-11-12-16-29-24(32)23(21-15-13-14-20(4)18-21)31(27(5,6)7)25(33)22(17-19(2)3)30-26(34)35-28(8,9)10/h13-15,18-19,22-23H,11-12,16-17H2,1-10H3,(H,29,32)(H,30,34). The van der Waals surface area contributed by atoms with Gasteiger partial charge in [-0.1, -0.05) is 57.0 Å². The molecule has 0 fully saturated rings. The summed E-state index contributed by atoms with van der Waals surface area (Å²) in [5.41, 5.74) is 0.351. The molecule has 0 aliphatic carbocycles. The summed E-state index contributed by atoms with van der Waals surface area (Å²) in [5, 5.41) is 5.80. The number of aryl methyl sites for hydroxylation is 1. The number of benzene rings is 1. The molecule has 2 atom stereocenters. The van der Waals surface area contributed by atoms with Gasteiger partial charge in [-0.3, -0.25) is 9.59 Å². The molecule has 35 heavy (non-hydrogen) atoms. The van der Waals surface area contributed by atoms with E-state index in [4.69, 9.17) is 4.74 Å². The van der Waals surface area contributed by atoms with E-state index in [1.807, 2.05) is 65.8 Å². The van der Waals surface area contributed by atoms with Gasteiger partial charge < -0.3 is 20.3 Å². The number of unbranched alkanes of at least 4 members (excludes halogenated alkanes) is 1. The Morgan fingerprint density at radius 3 is 2.17 bits per heavy atom. The van der Waals surface area contributed by atoms with Gasteiger partial charge in [0.15, 0.2) is 0 Å². The van der Waals surface area contributed by atoms with Crippen molar-refractivity contribution in [3.63, 3.8) is 0 Å². The number of hydrogen-bond donors (Lipinski definition) is 2. The third-order valence-corrected chi connectivity index (χ3v) is 5.35. The minimum Gasteiger partial charge on any atom is -0.444 e. The van der Waals surface area contributed by atoms with Crippen LogP contribution in [0.25, 0.3) is 0 Å². The lowest BCUT2D eigenvalue weighted by molar-refractivity contribution is -0.148. The van der Waals surface area contributed by atoms with E-state index in [2.05, 4.69) is 17.6 Å². The smallest absolute Gasteiger partial charge is 0.408 e. The summed E-state index contributed by atoms with van der Waals surface area (Å²) in [7, 11) is 0. The number of alkyl carbamates (subject to hydrolysis) is 1. The van der Waals surface area contributed by atoms with E-state index in [1.54, 1.807) is 25.7 Å². The van der Waals surface area contributed by atoms with Gasteiger partial charge in [0.05, 0.1) is 0 Å². The third kappa shape index (κ3) is 10.3. The Balaban J connectivity index is 3.51. The molecule has 1 rings (SSSR count). The molecule has 1 aromatic rings. The van der Waals surface area contributed by atoms with Crippen molar-refractivity contribution in [1.82, 2.24) is 15.5 Å². The first-order chi connectivity index (χ1) is 16.1. The van der Waals surface area contributed by atoms with Gasteiger partial charge in [-0.25, -0.2) is 4.79 Å². The summed E-state index contributed by atoms with van der Waals surface area (Å²) >= 11 is 0. The van der Waals surface area contributed by atoms with Crippen LogP contribution in [0.15, 0.2) is 24.3 Å². The van der Waals surface area contributed by atoms with Crippen molar-refractivity contribution in [2.24, 2.45) is 5.92 Å². The molecule has 7 heteroatoms. The summed E-state index contributed by atoms with van der Waals surface area (Å²) in [6.45, 7) is 19.6. The average Bonchev–Trinajstić information content (AvgIpc) is 2.68. The second kappa shape index (κ2) is 12.9. The van der Waals surface area contributed by atoms with Crippen LogP contribution in [0.1, 0.15) is 98.7 Å². The fourth-order valence-corrected chi connectivity index (χ4v) is 3.90. The Labute approximate surface area is 212 Å². The van der Waals surface area contributed by atoms with E-state index < -0.39 is 29.3 Å². The topological polar surface area (TPSA) is 87.7 Å². The fraction of sp³-hybridized carbons (Fsp3) is 0.679. The molecular formula is C28H47N3O4. The van der Waals surface area contributed by atoms with E-state index in [-0.39, 0.29) is 17.7 Å². The van der Waals surface area contributed by atoms with Crippen LogP contribution in [0.3, 0.4) is 0 Å². The molecule has 0 radical (unpaired) electrons. The number of rotatable bonds is 10. The molecule has 3 amide bonds. The monoisotopic (exact) mass is 489 g/mol. The zero-order chi connectivity index (χ0) is 27.0. The highest BCUT2D eigenvalue weighted by atomic mass is 16.6. The van der Waals surface area contributed by atoms with E-state index >= 15 is 0 Å². The summed E-state index contributed by atoms with van der Waals surface area (Å²) in [6.07, 6.45) is 1.58. The Morgan fingerprint density at radius 1 is 1.06 bits per heavy atom. The number of carbonyl (C=O) groups excluding carboxylic acids is 3. The van der Waals surface area contributed by atoms with Crippen molar-refractivity contribution in [1.29, 1.82) is 0 Å². The van der Waals surface area contributed by atoms with Crippen LogP contribution in [-0.2, 0) is 14.3 Å². The highest BCUT2D eigenvalue weighted by Crippen LogP contribution is 2.31. The van der Waals surface area contributed by atoms with Crippen LogP contribution < -0.4 is 10.6 Å². The number of amides is 3. The quantitative estimate of drug-likeness (QED) is 0.424. The number of carbonyl (C=O) groups is 3. The second-order valence-corrected chi connectivity index (χ2v) is 11.7. The third-order valence-electron chi connectivity index (χ3n) is 5.35. The van der Waals surface area contributed by atoms with Gasteiger partial charge in [0, 0.05) is 12.1 Å². The Kier molecular flexibility index (Phi) is 11.3. The average molecular weight is 490 g/mol. The maximum atomic E-state index is 14.1. The van der Waals surface area contributed by atoms with Crippen molar-refractivity contribution < 1.29 is 19.1 Å². The minimum atomic E-state index is -0.839. The Morgan fingerprint density at radius 2 is 1.69 bits per heavy atom. The van der Waals surface area contributed by atoms with Crippen LogP contribution in [0.5, 0.6) is 0 Å². The molecule has 2 unspecified atom stereocenters. The largest absolute Gasteiger partial charge is 0.444 e. The zero-order valence-electron chi connectivity index (χ0n) is 23.5. The summed E-state index contributed by atoms with van der Waals surface area (Å²) in [5.74, 6) is -0.404. The number of nitrogens with zero attached hydrogens (tertiary/aromatic N) is 1. The van der Waals surface area contributed by atoms with E-state index in [9.17, 15) is 14.4 Å². The molecule has 0 bridgehead atoms. The SMILES string of the molecule is CCCCNC(=O)C(c1cccc(C)c1)N(C(=O)C(CC(C)C)NC(=O)OC(C)(C)C)C(C)(C)C. The van der Waals surface area contributed by atoms with E-state index in [0.29, 0.717) is 13.0 Å². The van der Waals surface area contributed by atoms with Crippen molar-refractivity contribution in [2.45, 2.75) is 112 Å². The van der Waals surface area contributed by atoms with Crippen molar-refractivity contribution >= 4 is 17.9 Å². The van der Waals surface area contributed by atoms with Crippen LogP contribution >= 0.6 is 0 Å². The first-order valence-electron chi connectivity index (χ1n) is 12.7. The molecule has 0 saturated heterocycles. The summed E-state index contributed by atoms with van der Waals surface area (Å²) < 4.78 is 5.44. The molecule has 2 N–H and O–H groups in total. The van der Waals surface area contributed by atoms with E-state index in [0.717, 1.165) is 24.0 Å². The van der Waals surface area contributed by atoms with Gasteiger partial charge in [0.25, 0.3) is 0 Å². The lowest BCUT2D eigenvalue weighted by Crippen LogP contribution is -2.58. The Hall–Kier alpha value is -2.57.